The Morgan fingerprint density at radius 1 is 1.07 bits per heavy atom. The van der Waals surface area contributed by atoms with Crippen LogP contribution in [-0.2, 0) is 6.18 Å². The number of pyridine rings is 1. The van der Waals surface area contributed by atoms with Crippen molar-refractivity contribution < 1.29 is 18.0 Å². The van der Waals surface area contributed by atoms with Gasteiger partial charge in [0.05, 0.1) is 5.56 Å². The number of likely N-dealkylation sites (tertiary alicyclic amines) is 1. The minimum Gasteiger partial charge on any atom is -0.338 e. The summed E-state index contributed by atoms with van der Waals surface area (Å²) in [7, 11) is 0. The zero-order chi connectivity index (χ0) is 19.0. The van der Waals surface area contributed by atoms with Gasteiger partial charge in [-0.3, -0.25) is 9.20 Å². The summed E-state index contributed by atoms with van der Waals surface area (Å²) in [5.41, 5.74) is 0.249. The van der Waals surface area contributed by atoms with Gasteiger partial charge in [0.15, 0.2) is 5.65 Å². The molecule has 0 aliphatic carbocycles. The molecular formula is C19H17F3N4O. The third-order valence-corrected chi connectivity index (χ3v) is 4.87. The monoisotopic (exact) mass is 374 g/mol. The fraction of sp³-hybridized carbons (Fsp3) is 0.316. The van der Waals surface area contributed by atoms with Crippen LogP contribution in [-0.4, -0.2) is 38.5 Å². The van der Waals surface area contributed by atoms with Gasteiger partial charge < -0.3 is 4.90 Å². The Bertz CT molecular complexity index is 965. The molecular weight excluding hydrogens is 357 g/mol. The lowest BCUT2D eigenvalue weighted by Crippen LogP contribution is -2.39. The number of amides is 1. The summed E-state index contributed by atoms with van der Waals surface area (Å²) in [4.78, 5) is 14.4. The Labute approximate surface area is 153 Å². The molecule has 1 atom stereocenters. The van der Waals surface area contributed by atoms with Gasteiger partial charge >= 0.3 is 6.18 Å². The van der Waals surface area contributed by atoms with Gasteiger partial charge in [0.1, 0.15) is 5.82 Å². The van der Waals surface area contributed by atoms with E-state index in [4.69, 9.17) is 0 Å². The third kappa shape index (κ3) is 3.39. The lowest BCUT2D eigenvalue weighted by molar-refractivity contribution is -0.137. The van der Waals surface area contributed by atoms with Gasteiger partial charge in [0.25, 0.3) is 5.91 Å². The summed E-state index contributed by atoms with van der Waals surface area (Å²) in [5.74, 6) is 0.576. The first kappa shape index (κ1) is 17.5. The third-order valence-electron chi connectivity index (χ3n) is 4.87. The lowest BCUT2D eigenvalue weighted by atomic mass is 9.96. The van der Waals surface area contributed by atoms with Crippen LogP contribution in [0.4, 0.5) is 13.2 Å². The van der Waals surface area contributed by atoms with E-state index in [0.29, 0.717) is 13.1 Å². The molecule has 3 heterocycles. The summed E-state index contributed by atoms with van der Waals surface area (Å²) in [6.07, 6.45) is -0.834. The molecule has 27 heavy (non-hydrogen) atoms. The van der Waals surface area contributed by atoms with Crippen LogP contribution in [0.2, 0.25) is 0 Å². The topological polar surface area (TPSA) is 50.5 Å². The van der Waals surface area contributed by atoms with Gasteiger partial charge in [-0.15, -0.1) is 10.2 Å². The molecule has 1 amide bonds. The molecule has 140 valence electrons. The predicted molar refractivity (Wildman–Crippen MR) is 92.3 cm³/mol. The second-order valence-electron chi connectivity index (χ2n) is 6.65. The highest BCUT2D eigenvalue weighted by molar-refractivity contribution is 5.94. The lowest BCUT2D eigenvalue weighted by Gasteiger charge is -2.32. The van der Waals surface area contributed by atoms with Crippen molar-refractivity contribution in [1.29, 1.82) is 0 Å². The van der Waals surface area contributed by atoms with Crippen LogP contribution in [0.25, 0.3) is 5.65 Å². The number of benzene rings is 1. The largest absolute Gasteiger partial charge is 0.416 e. The van der Waals surface area contributed by atoms with Crippen LogP contribution >= 0.6 is 0 Å². The molecule has 1 saturated heterocycles. The van der Waals surface area contributed by atoms with Crippen molar-refractivity contribution in [2.24, 2.45) is 0 Å². The predicted octanol–water partition coefficient (Wildman–Crippen LogP) is 3.77. The van der Waals surface area contributed by atoms with Crippen LogP contribution in [0, 0.1) is 0 Å². The maximum absolute atomic E-state index is 12.7. The molecule has 3 aromatic rings. The number of rotatable bonds is 2. The van der Waals surface area contributed by atoms with Crippen molar-refractivity contribution in [1.82, 2.24) is 19.5 Å². The van der Waals surface area contributed by atoms with Crippen molar-refractivity contribution in [3.8, 4) is 0 Å². The number of hydrogen-bond acceptors (Lipinski definition) is 3. The zero-order valence-electron chi connectivity index (χ0n) is 14.4. The van der Waals surface area contributed by atoms with E-state index in [9.17, 15) is 18.0 Å². The van der Waals surface area contributed by atoms with Crippen molar-refractivity contribution in [3.63, 3.8) is 0 Å². The Balaban J connectivity index is 1.53. The highest BCUT2D eigenvalue weighted by atomic mass is 19.4. The van der Waals surface area contributed by atoms with Crippen LogP contribution in [0.5, 0.6) is 0 Å². The van der Waals surface area contributed by atoms with Crippen LogP contribution < -0.4 is 0 Å². The Hall–Kier alpha value is -2.90. The van der Waals surface area contributed by atoms with Crippen molar-refractivity contribution >= 4 is 11.6 Å². The number of aromatic nitrogens is 3. The quantitative estimate of drug-likeness (QED) is 0.686. The standard InChI is InChI=1S/C19H17F3N4O/c20-19(21,22)15-8-6-13(7-9-15)18(27)25-10-3-4-14(12-25)17-24-23-16-5-1-2-11-26(16)17/h1-2,5-9,11,14H,3-4,10,12H2. The van der Waals surface area contributed by atoms with Crippen LogP contribution in [0.15, 0.2) is 48.7 Å². The molecule has 0 N–H and O–H groups in total. The van der Waals surface area contributed by atoms with Gasteiger partial charge in [-0.2, -0.15) is 13.2 Å². The van der Waals surface area contributed by atoms with Crippen LogP contribution in [0.1, 0.15) is 40.5 Å². The molecule has 2 aromatic heterocycles. The first-order chi connectivity index (χ1) is 12.9. The molecule has 1 unspecified atom stereocenters. The molecule has 1 aromatic carbocycles. The summed E-state index contributed by atoms with van der Waals surface area (Å²) in [5, 5.41) is 8.43. The van der Waals surface area contributed by atoms with Gasteiger partial charge in [-0.25, -0.2) is 0 Å². The molecule has 0 saturated carbocycles. The Kier molecular flexibility index (Phi) is 4.33. The summed E-state index contributed by atoms with van der Waals surface area (Å²) >= 11 is 0. The van der Waals surface area contributed by atoms with Crippen molar-refractivity contribution in [3.05, 3.63) is 65.6 Å². The molecule has 0 bridgehead atoms. The van der Waals surface area contributed by atoms with E-state index in [1.165, 1.54) is 12.1 Å². The zero-order valence-corrected chi connectivity index (χ0v) is 14.4. The smallest absolute Gasteiger partial charge is 0.338 e. The second-order valence-corrected chi connectivity index (χ2v) is 6.65. The molecule has 1 aliphatic heterocycles. The molecule has 1 fully saturated rings. The van der Waals surface area contributed by atoms with Gasteiger partial charge in [-0.1, -0.05) is 6.07 Å². The normalized spacial score (nSPS) is 18.0. The van der Waals surface area contributed by atoms with E-state index >= 15 is 0 Å². The first-order valence-electron chi connectivity index (χ1n) is 8.69. The second kappa shape index (κ2) is 6.68. The van der Waals surface area contributed by atoms with E-state index in [1.54, 1.807) is 4.90 Å². The summed E-state index contributed by atoms with van der Waals surface area (Å²) < 4.78 is 40.0. The number of hydrogen-bond donors (Lipinski definition) is 0. The molecule has 5 nitrogen and oxygen atoms in total. The number of carbonyl (C=O) groups is 1. The fourth-order valence-corrected chi connectivity index (χ4v) is 3.49. The average Bonchev–Trinajstić information content (AvgIpc) is 3.11. The summed E-state index contributed by atoms with van der Waals surface area (Å²) in [6, 6.07) is 10.0. The average molecular weight is 374 g/mol. The number of halogens is 3. The number of alkyl halides is 3. The summed E-state index contributed by atoms with van der Waals surface area (Å²) in [6.45, 7) is 1.04. The highest BCUT2D eigenvalue weighted by Gasteiger charge is 2.31. The minimum absolute atomic E-state index is 0.0366. The van der Waals surface area contributed by atoms with Crippen LogP contribution in [0.3, 0.4) is 0 Å². The molecule has 8 heteroatoms. The van der Waals surface area contributed by atoms with E-state index in [-0.39, 0.29) is 17.4 Å². The number of fused-ring (bicyclic) bond motifs is 1. The first-order valence-corrected chi connectivity index (χ1v) is 8.69. The van der Waals surface area contributed by atoms with Crippen molar-refractivity contribution in [2.75, 3.05) is 13.1 Å². The molecule has 1 aliphatic rings. The fourth-order valence-electron chi connectivity index (χ4n) is 3.49. The molecule has 4 rings (SSSR count). The van der Waals surface area contributed by atoms with E-state index in [1.807, 2.05) is 28.8 Å². The van der Waals surface area contributed by atoms with Gasteiger partial charge in [0.2, 0.25) is 0 Å². The maximum Gasteiger partial charge on any atom is 0.416 e. The highest BCUT2D eigenvalue weighted by Crippen LogP contribution is 2.30. The molecule has 0 radical (unpaired) electrons. The van der Waals surface area contributed by atoms with E-state index < -0.39 is 11.7 Å². The van der Waals surface area contributed by atoms with Crippen molar-refractivity contribution in [2.45, 2.75) is 24.9 Å². The molecule has 0 spiro atoms. The minimum atomic E-state index is -4.41. The maximum atomic E-state index is 12.7. The number of piperidine rings is 1. The Morgan fingerprint density at radius 2 is 1.85 bits per heavy atom. The SMILES string of the molecule is O=C(c1ccc(C(F)(F)F)cc1)N1CCCC(c2nnc3ccccn23)C1. The van der Waals surface area contributed by atoms with Gasteiger partial charge in [-0.05, 0) is 49.2 Å². The van der Waals surface area contributed by atoms with E-state index in [2.05, 4.69) is 10.2 Å². The number of nitrogens with zero attached hydrogens (tertiary/aromatic N) is 4. The van der Waals surface area contributed by atoms with Gasteiger partial charge in [0, 0.05) is 30.8 Å². The van der Waals surface area contributed by atoms with E-state index in [0.717, 1.165) is 36.4 Å². The number of carbonyl (C=O) groups excluding carboxylic acids is 1. The Morgan fingerprint density at radius 3 is 2.59 bits per heavy atom.